The highest BCUT2D eigenvalue weighted by Gasteiger charge is 2.31. The van der Waals surface area contributed by atoms with Gasteiger partial charge in [0.05, 0.1) is 12.0 Å². The topological polar surface area (TPSA) is 72.5 Å². The molecule has 0 bridgehead atoms. The van der Waals surface area contributed by atoms with Crippen molar-refractivity contribution in [1.29, 1.82) is 0 Å². The molecule has 0 aliphatic heterocycles. The molecule has 0 radical (unpaired) electrons. The Kier molecular flexibility index (Phi) is 4.52. The van der Waals surface area contributed by atoms with Crippen LogP contribution in [-0.2, 0) is 11.2 Å². The molecule has 4 nitrogen and oxygen atoms in total. The summed E-state index contributed by atoms with van der Waals surface area (Å²) in [5.74, 6) is -0.0742. The Hall–Kier alpha value is -1.55. The van der Waals surface area contributed by atoms with Crippen molar-refractivity contribution in [1.82, 2.24) is 0 Å². The van der Waals surface area contributed by atoms with Gasteiger partial charge < -0.3 is 15.6 Å². The molecule has 1 unspecified atom stereocenters. The van der Waals surface area contributed by atoms with Crippen molar-refractivity contribution in [2.75, 3.05) is 13.2 Å². The summed E-state index contributed by atoms with van der Waals surface area (Å²) in [6.07, 6.45) is 0.422. The quantitative estimate of drug-likeness (QED) is 0.789. The van der Waals surface area contributed by atoms with Gasteiger partial charge in [-0.3, -0.25) is 4.79 Å². The van der Waals surface area contributed by atoms with Crippen LogP contribution in [0.5, 0.6) is 5.75 Å². The molecule has 0 saturated heterocycles. The van der Waals surface area contributed by atoms with Crippen LogP contribution in [0.2, 0.25) is 0 Å². The summed E-state index contributed by atoms with van der Waals surface area (Å²) in [5.41, 5.74) is 5.57. The number of nitrogens with two attached hydrogens (primary N) is 1. The standard InChI is InChI=1S/C13H19NO3/c1-3-17-11-6-4-10(5-7-11)8-13(2,9-14)12(15)16/h4-7H,3,8-9,14H2,1-2H3,(H,15,16). The molecule has 0 spiro atoms. The monoisotopic (exact) mass is 237 g/mol. The lowest BCUT2D eigenvalue weighted by atomic mass is 9.84. The zero-order valence-corrected chi connectivity index (χ0v) is 10.3. The van der Waals surface area contributed by atoms with Crippen LogP contribution < -0.4 is 10.5 Å². The molecular weight excluding hydrogens is 218 g/mol. The van der Waals surface area contributed by atoms with Crippen molar-refractivity contribution < 1.29 is 14.6 Å². The molecule has 0 amide bonds. The number of rotatable bonds is 6. The van der Waals surface area contributed by atoms with Crippen molar-refractivity contribution in [3.05, 3.63) is 29.8 Å². The molecule has 17 heavy (non-hydrogen) atoms. The lowest BCUT2D eigenvalue weighted by Gasteiger charge is -2.22. The van der Waals surface area contributed by atoms with Crippen molar-refractivity contribution in [2.24, 2.45) is 11.1 Å². The molecule has 1 atom stereocenters. The number of hydrogen-bond acceptors (Lipinski definition) is 3. The number of carboxylic acid groups (broad SMARTS) is 1. The Morgan fingerprint density at radius 2 is 2.00 bits per heavy atom. The Balaban J connectivity index is 2.77. The fourth-order valence-electron chi connectivity index (χ4n) is 1.56. The van der Waals surface area contributed by atoms with Gasteiger partial charge in [0.1, 0.15) is 5.75 Å². The van der Waals surface area contributed by atoms with Gasteiger partial charge in [-0.1, -0.05) is 12.1 Å². The smallest absolute Gasteiger partial charge is 0.310 e. The SMILES string of the molecule is CCOc1ccc(CC(C)(CN)C(=O)O)cc1. The van der Waals surface area contributed by atoms with Gasteiger partial charge >= 0.3 is 5.97 Å². The van der Waals surface area contributed by atoms with Crippen molar-refractivity contribution in [3.8, 4) is 5.75 Å². The number of aliphatic carboxylic acids is 1. The summed E-state index contributed by atoms with van der Waals surface area (Å²) in [4.78, 5) is 11.1. The van der Waals surface area contributed by atoms with Gasteiger partial charge in [0.15, 0.2) is 0 Å². The van der Waals surface area contributed by atoms with Crippen LogP contribution in [-0.4, -0.2) is 24.2 Å². The molecule has 0 saturated carbocycles. The fraction of sp³-hybridized carbons (Fsp3) is 0.462. The number of carbonyl (C=O) groups is 1. The highest BCUT2D eigenvalue weighted by Crippen LogP contribution is 2.23. The van der Waals surface area contributed by atoms with E-state index in [1.54, 1.807) is 6.92 Å². The number of hydrogen-bond donors (Lipinski definition) is 2. The third-order valence-corrected chi connectivity index (χ3v) is 2.80. The van der Waals surface area contributed by atoms with E-state index in [9.17, 15) is 4.79 Å². The van der Waals surface area contributed by atoms with Gasteiger partial charge in [0.2, 0.25) is 0 Å². The molecule has 94 valence electrons. The molecule has 1 aromatic carbocycles. The fourth-order valence-corrected chi connectivity index (χ4v) is 1.56. The van der Waals surface area contributed by atoms with E-state index in [2.05, 4.69) is 0 Å². The van der Waals surface area contributed by atoms with E-state index < -0.39 is 11.4 Å². The van der Waals surface area contributed by atoms with E-state index in [1.165, 1.54) is 0 Å². The average Bonchev–Trinajstić information content (AvgIpc) is 2.31. The summed E-state index contributed by atoms with van der Waals surface area (Å²) in [6.45, 7) is 4.32. The first-order valence-electron chi connectivity index (χ1n) is 5.67. The van der Waals surface area contributed by atoms with Crippen LogP contribution in [0.15, 0.2) is 24.3 Å². The highest BCUT2D eigenvalue weighted by atomic mass is 16.5. The molecular formula is C13H19NO3. The van der Waals surface area contributed by atoms with E-state index in [0.717, 1.165) is 11.3 Å². The van der Waals surface area contributed by atoms with E-state index in [0.29, 0.717) is 13.0 Å². The van der Waals surface area contributed by atoms with Gasteiger partial charge in [0, 0.05) is 6.54 Å². The van der Waals surface area contributed by atoms with Gasteiger partial charge in [-0.15, -0.1) is 0 Å². The predicted octanol–water partition coefficient (Wildman–Crippen LogP) is 1.68. The van der Waals surface area contributed by atoms with Gasteiger partial charge in [0.25, 0.3) is 0 Å². The van der Waals surface area contributed by atoms with Crippen molar-refractivity contribution in [3.63, 3.8) is 0 Å². The second-order valence-corrected chi connectivity index (χ2v) is 4.32. The van der Waals surface area contributed by atoms with Crippen LogP contribution in [0, 0.1) is 5.41 Å². The second-order valence-electron chi connectivity index (χ2n) is 4.32. The Labute approximate surface area is 101 Å². The molecule has 1 rings (SSSR count). The van der Waals surface area contributed by atoms with Crippen LogP contribution in [0.25, 0.3) is 0 Å². The predicted molar refractivity (Wildman–Crippen MR) is 66.1 cm³/mol. The average molecular weight is 237 g/mol. The van der Waals surface area contributed by atoms with Crippen LogP contribution in [0.4, 0.5) is 0 Å². The normalized spacial score (nSPS) is 14.1. The van der Waals surface area contributed by atoms with E-state index >= 15 is 0 Å². The van der Waals surface area contributed by atoms with Crippen LogP contribution in [0.3, 0.4) is 0 Å². The summed E-state index contributed by atoms with van der Waals surface area (Å²) < 4.78 is 5.32. The maximum Gasteiger partial charge on any atom is 0.310 e. The molecule has 4 heteroatoms. The lowest BCUT2D eigenvalue weighted by molar-refractivity contribution is -0.147. The van der Waals surface area contributed by atoms with Crippen LogP contribution >= 0.6 is 0 Å². The largest absolute Gasteiger partial charge is 0.494 e. The van der Waals surface area contributed by atoms with Crippen molar-refractivity contribution >= 4 is 5.97 Å². The minimum absolute atomic E-state index is 0.121. The molecule has 1 aromatic rings. The summed E-state index contributed by atoms with van der Waals surface area (Å²) >= 11 is 0. The summed E-state index contributed by atoms with van der Waals surface area (Å²) in [5, 5.41) is 9.13. The zero-order chi connectivity index (χ0) is 12.9. The van der Waals surface area contributed by atoms with Crippen molar-refractivity contribution in [2.45, 2.75) is 20.3 Å². The molecule has 0 heterocycles. The third kappa shape index (κ3) is 3.46. The number of ether oxygens (including phenoxy) is 1. The van der Waals surface area contributed by atoms with Gasteiger partial charge in [-0.25, -0.2) is 0 Å². The minimum atomic E-state index is -0.910. The summed E-state index contributed by atoms with van der Waals surface area (Å²) in [6, 6.07) is 7.44. The van der Waals surface area contributed by atoms with Crippen LogP contribution in [0.1, 0.15) is 19.4 Å². The first-order chi connectivity index (χ1) is 8.01. The van der Waals surface area contributed by atoms with E-state index in [4.69, 9.17) is 15.6 Å². The molecule has 0 aliphatic carbocycles. The maximum absolute atomic E-state index is 11.1. The molecule has 0 fully saturated rings. The zero-order valence-electron chi connectivity index (χ0n) is 10.3. The number of carboxylic acids is 1. The molecule has 3 N–H and O–H groups in total. The minimum Gasteiger partial charge on any atom is -0.494 e. The first kappa shape index (κ1) is 13.5. The van der Waals surface area contributed by atoms with Gasteiger partial charge in [-0.2, -0.15) is 0 Å². The third-order valence-electron chi connectivity index (χ3n) is 2.80. The van der Waals surface area contributed by atoms with E-state index in [-0.39, 0.29) is 6.54 Å². The number of benzene rings is 1. The van der Waals surface area contributed by atoms with E-state index in [1.807, 2.05) is 31.2 Å². The molecule has 0 aromatic heterocycles. The Morgan fingerprint density at radius 3 is 2.41 bits per heavy atom. The first-order valence-corrected chi connectivity index (χ1v) is 5.67. The lowest BCUT2D eigenvalue weighted by Crippen LogP contribution is -2.37. The Bertz CT molecular complexity index is 375. The highest BCUT2D eigenvalue weighted by molar-refractivity contribution is 5.74. The second kappa shape index (κ2) is 5.68. The van der Waals surface area contributed by atoms with Gasteiger partial charge in [-0.05, 0) is 38.0 Å². The Morgan fingerprint density at radius 1 is 1.41 bits per heavy atom. The maximum atomic E-state index is 11.1. The summed E-state index contributed by atoms with van der Waals surface area (Å²) in [7, 11) is 0. The molecule has 0 aliphatic rings.